The summed E-state index contributed by atoms with van der Waals surface area (Å²) in [5.74, 6) is -1.86. The van der Waals surface area contributed by atoms with Gasteiger partial charge >= 0.3 is 5.97 Å². The van der Waals surface area contributed by atoms with Crippen LogP contribution in [0.2, 0.25) is 0 Å². The number of carbonyl (C=O) groups is 2. The van der Waals surface area contributed by atoms with Crippen LogP contribution in [0.1, 0.15) is 15.9 Å². The van der Waals surface area contributed by atoms with Crippen LogP contribution in [-0.4, -0.2) is 22.1 Å². The van der Waals surface area contributed by atoms with Crippen molar-refractivity contribution < 1.29 is 19.8 Å². The van der Waals surface area contributed by atoms with E-state index in [9.17, 15) is 14.7 Å². The third kappa shape index (κ3) is 3.94. The highest BCUT2D eigenvalue weighted by Crippen LogP contribution is 2.21. The van der Waals surface area contributed by atoms with Crippen molar-refractivity contribution in [3.05, 3.63) is 65.7 Å². The summed E-state index contributed by atoms with van der Waals surface area (Å²) in [6, 6.07) is 13.0. The van der Waals surface area contributed by atoms with E-state index in [0.717, 1.165) is 11.6 Å². The maximum absolute atomic E-state index is 11.8. The number of hydrogen-bond donors (Lipinski definition) is 3. The number of carboxylic acid groups (broad SMARTS) is 1. The summed E-state index contributed by atoms with van der Waals surface area (Å²) >= 11 is 0. The normalized spacial score (nSPS) is 10.5. The summed E-state index contributed by atoms with van der Waals surface area (Å²) in [6.07, 6.45) is 2.93. The molecule has 2 rings (SSSR count). The molecule has 0 aliphatic carbocycles. The largest absolute Gasteiger partial charge is 0.508 e. The first-order chi connectivity index (χ1) is 10.1. The smallest absolute Gasteiger partial charge is 0.337 e. The van der Waals surface area contributed by atoms with Crippen LogP contribution in [0.25, 0.3) is 6.08 Å². The predicted octanol–water partition coefficient (Wildman–Crippen LogP) is 2.74. The second-order valence-corrected chi connectivity index (χ2v) is 4.27. The molecule has 2 aromatic carbocycles. The van der Waals surface area contributed by atoms with Crippen molar-refractivity contribution in [2.24, 2.45) is 0 Å². The number of amides is 1. The molecule has 0 heterocycles. The summed E-state index contributed by atoms with van der Waals surface area (Å²) in [5, 5.41) is 20.8. The quantitative estimate of drug-likeness (QED) is 0.595. The highest BCUT2D eigenvalue weighted by atomic mass is 16.4. The Labute approximate surface area is 121 Å². The highest BCUT2D eigenvalue weighted by Gasteiger charge is 2.12. The number of hydrogen-bond acceptors (Lipinski definition) is 3. The van der Waals surface area contributed by atoms with Gasteiger partial charge in [-0.15, -0.1) is 0 Å². The molecule has 5 nitrogen and oxygen atoms in total. The van der Waals surface area contributed by atoms with Crippen molar-refractivity contribution in [2.75, 3.05) is 5.32 Å². The minimum absolute atomic E-state index is 0.128. The number of phenols is 1. The molecule has 0 atom stereocenters. The number of benzene rings is 2. The number of aromatic hydroxyl groups is 1. The number of carbonyl (C=O) groups excluding carboxylic acids is 1. The molecule has 3 N–H and O–H groups in total. The fraction of sp³-hybridized carbons (Fsp3) is 0. The second-order valence-electron chi connectivity index (χ2n) is 4.27. The number of phenolic OH excluding ortho intramolecular Hbond substituents is 1. The van der Waals surface area contributed by atoms with Gasteiger partial charge in [-0.05, 0) is 29.8 Å². The van der Waals surface area contributed by atoms with E-state index in [1.54, 1.807) is 6.08 Å². The van der Waals surface area contributed by atoms with Crippen LogP contribution in [-0.2, 0) is 4.79 Å². The zero-order valence-electron chi connectivity index (χ0n) is 11.0. The number of aromatic carboxylic acids is 1. The van der Waals surface area contributed by atoms with E-state index in [1.165, 1.54) is 18.2 Å². The molecule has 0 saturated heterocycles. The van der Waals surface area contributed by atoms with Gasteiger partial charge in [0.15, 0.2) is 0 Å². The summed E-state index contributed by atoms with van der Waals surface area (Å²) in [4.78, 5) is 22.8. The average Bonchev–Trinajstić information content (AvgIpc) is 2.48. The predicted molar refractivity (Wildman–Crippen MR) is 79.2 cm³/mol. The lowest BCUT2D eigenvalue weighted by molar-refractivity contribution is -0.111. The Hall–Kier alpha value is -3.08. The van der Waals surface area contributed by atoms with Gasteiger partial charge in [-0.2, -0.15) is 0 Å². The average molecular weight is 283 g/mol. The topological polar surface area (TPSA) is 86.6 Å². The van der Waals surface area contributed by atoms with Crippen LogP contribution < -0.4 is 5.32 Å². The van der Waals surface area contributed by atoms with Gasteiger partial charge in [0.1, 0.15) is 5.75 Å². The molecule has 0 aliphatic heterocycles. The van der Waals surface area contributed by atoms with Gasteiger partial charge in [-0.25, -0.2) is 4.79 Å². The number of rotatable bonds is 4. The maximum Gasteiger partial charge on any atom is 0.337 e. The molecule has 106 valence electrons. The zero-order valence-corrected chi connectivity index (χ0v) is 11.0. The van der Waals surface area contributed by atoms with E-state index in [0.29, 0.717) is 0 Å². The molecule has 0 aliphatic rings. The van der Waals surface area contributed by atoms with Gasteiger partial charge in [0.25, 0.3) is 0 Å². The molecule has 5 heteroatoms. The van der Waals surface area contributed by atoms with Crippen LogP contribution >= 0.6 is 0 Å². The van der Waals surface area contributed by atoms with Crippen molar-refractivity contribution in [1.29, 1.82) is 0 Å². The van der Waals surface area contributed by atoms with Crippen molar-refractivity contribution in [1.82, 2.24) is 0 Å². The van der Waals surface area contributed by atoms with Crippen molar-refractivity contribution in [3.8, 4) is 5.75 Å². The lowest BCUT2D eigenvalue weighted by Crippen LogP contribution is -2.11. The fourth-order valence-corrected chi connectivity index (χ4v) is 1.73. The monoisotopic (exact) mass is 283 g/mol. The van der Waals surface area contributed by atoms with Crippen LogP contribution in [0, 0.1) is 0 Å². The summed E-state index contributed by atoms with van der Waals surface area (Å²) < 4.78 is 0. The minimum atomic E-state index is -1.23. The molecular weight excluding hydrogens is 270 g/mol. The molecule has 1 amide bonds. The molecule has 0 aromatic heterocycles. The first kappa shape index (κ1) is 14.3. The Morgan fingerprint density at radius 1 is 1.05 bits per heavy atom. The lowest BCUT2D eigenvalue weighted by atomic mass is 10.1. The second kappa shape index (κ2) is 6.38. The van der Waals surface area contributed by atoms with Crippen molar-refractivity contribution in [2.45, 2.75) is 0 Å². The van der Waals surface area contributed by atoms with Gasteiger partial charge in [-0.1, -0.05) is 30.3 Å². The minimum Gasteiger partial charge on any atom is -0.508 e. The Morgan fingerprint density at radius 2 is 1.76 bits per heavy atom. The lowest BCUT2D eigenvalue weighted by Gasteiger charge is -2.06. The van der Waals surface area contributed by atoms with E-state index in [1.807, 2.05) is 30.3 Å². The molecular formula is C16H13NO4. The summed E-state index contributed by atoms with van der Waals surface area (Å²) in [7, 11) is 0. The van der Waals surface area contributed by atoms with Crippen molar-refractivity contribution >= 4 is 23.6 Å². The van der Waals surface area contributed by atoms with E-state index < -0.39 is 11.9 Å². The molecule has 2 aromatic rings. The van der Waals surface area contributed by atoms with Crippen molar-refractivity contribution in [3.63, 3.8) is 0 Å². The van der Waals surface area contributed by atoms with Crippen LogP contribution in [0.3, 0.4) is 0 Å². The van der Waals surface area contributed by atoms with E-state index in [4.69, 9.17) is 5.11 Å². The van der Waals surface area contributed by atoms with E-state index in [-0.39, 0.29) is 17.0 Å². The summed E-state index contributed by atoms with van der Waals surface area (Å²) in [5.41, 5.74) is 0.816. The molecule has 0 radical (unpaired) electrons. The molecule has 0 bridgehead atoms. The Morgan fingerprint density at radius 3 is 2.43 bits per heavy atom. The van der Waals surface area contributed by atoms with Gasteiger partial charge in [0.05, 0.1) is 11.3 Å². The first-order valence-corrected chi connectivity index (χ1v) is 6.16. The molecule has 0 saturated carbocycles. The van der Waals surface area contributed by atoms with E-state index >= 15 is 0 Å². The Kier molecular flexibility index (Phi) is 4.36. The molecule has 21 heavy (non-hydrogen) atoms. The SMILES string of the molecule is O=C(C=Cc1ccccc1)Nc1ccc(O)cc1C(=O)O. The molecule has 0 unspecified atom stereocenters. The summed E-state index contributed by atoms with van der Waals surface area (Å²) in [6.45, 7) is 0. The third-order valence-corrected chi connectivity index (χ3v) is 2.72. The first-order valence-electron chi connectivity index (χ1n) is 6.16. The molecule has 0 fully saturated rings. The Bertz CT molecular complexity index is 693. The fourth-order valence-electron chi connectivity index (χ4n) is 1.73. The van der Waals surface area contributed by atoms with Gasteiger partial charge < -0.3 is 15.5 Å². The van der Waals surface area contributed by atoms with Crippen LogP contribution in [0.4, 0.5) is 5.69 Å². The third-order valence-electron chi connectivity index (χ3n) is 2.72. The van der Waals surface area contributed by atoms with Gasteiger partial charge in [0, 0.05) is 6.08 Å². The van der Waals surface area contributed by atoms with Crippen LogP contribution in [0.5, 0.6) is 5.75 Å². The van der Waals surface area contributed by atoms with Gasteiger partial charge in [0.2, 0.25) is 5.91 Å². The standard InChI is InChI=1S/C16H13NO4/c18-12-7-8-14(13(10-12)16(20)21)17-15(19)9-6-11-4-2-1-3-5-11/h1-10,18H,(H,17,19)(H,20,21). The van der Waals surface area contributed by atoms with Crippen LogP contribution in [0.15, 0.2) is 54.6 Å². The maximum atomic E-state index is 11.8. The number of anilines is 1. The van der Waals surface area contributed by atoms with Gasteiger partial charge in [-0.3, -0.25) is 4.79 Å². The number of carboxylic acids is 1. The zero-order chi connectivity index (χ0) is 15.2. The van der Waals surface area contributed by atoms with E-state index in [2.05, 4.69) is 5.32 Å². The highest BCUT2D eigenvalue weighted by molar-refractivity contribution is 6.06. The Balaban J connectivity index is 2.13. The molecule has 0 spiro atoms. The number of nitrogens with one attached hydrogen (secondary N) is 1.